The lowest BCUT2D eigenvalue weighted by atomic mass is 10.2. The average molecular weight is 321 g/mol. The van der Waals surface area contributed by atoms with Crippen molar-refractivity contribution < 1.29 is 23.8 Å². The zero-order valence-corrected chi connectivity index (χ0v) is 13.9. The van der Waals surface area contributed by atoms with Gasteiger partial charge in [0.15, 0.2) is 0 Å². The molecule has 1 aromatic rings. The minimum atomic E-state index is -0.691. The maximum Gasteiger partial charge on any atom is 0.411 e. The lowest BCUT2D eigenvalue weighted by Gasteiger charge is -2.27. The fourth-order valence-corrected chi connectivity index (χ4v) is 2.46. The molecular weight excluding hydrogens is 298 g/mol. The van der Waals surface area contributed by atoms with E-state index < -0.39 is 23.7 Å². The van der Waals surface area contributed by atoms with Crippen molar-refractivity contribution in [3.05, 3.63) is 30.3 Å². The van der Waals surface area contributed by atoms with Gasteiger partial charge in [0.05, 0.1) is 13.7 Å². The molecule has 0 N–H and O–H groups in total. The Morgan fingerprint density at radius 2 is 1.83 bits per heavy atom. The smallest absolute Gasteiger partial charge is 0.411 e. The third kappa shape index (κ3) is 4.61. The van der Waals surface area contributed by atoms with E-state index in [1.54, 1.807) is 20.8 Å². The second-order valence-corrected chi connectivity index (χ2v) is 6.46. The quantitative estimate of drug-likeness (QED) is 0.801. The first-order valence-electron chi connectivity index (χ1n) is 7.59. The fourth-order valence-electron chi connectivity index (χ4n) is 2.46. The van der Waals surface area contributed by atoms with Crippen LogP contribution in [0.5, 0.6) is 5.75 Å². The number of amides is 1. The summed E-state index contributed by atoms with van der Waals surface area (Å²) in [7, 11) is 1.31. The number of esters is 1. The van der Waals surface area contributed by atoms with Gasteiger partial charge in [-0.3, -0.25) is 4.90 Å². The Kier molecular flexibility index (Phi) is 5.13. The molecule has 1 aliphatic heterocycles. The van der Waals surface area contributed by atoms with Crippen LogP contribution in [-0.2, 0) is 14.3 Å². The van der Waals surface area contributed by atoms with Gasteiger partial charge in [-0.05, 0) is 32.9 Å². The number of methoxy groups -OCH3 is 1. The Balaban J connectivity index is 2.09. The van der Waals surface area contributed by atoms with Crippen LogP contribution < -0.4 is 4.74 Å². The van der Waals surface area contributed by atoms with Crippen molar-refractivity contribution in [3.8, 4) is 5.75 Å². The maximum absolute atomic E-state index is 12.3. The molecule has 1 amide bonds. The molecule has 6 heteroatoms. The Labute approximate surface area is 136 Å². The van der Waals surface area contributed by atoms with Gasteiger partial charge in [-0.2, -0.15) is 0 Å². The first-order valence-corrected chi connectivity index (χ1v) is 7.59. The third-order valence-corrected chi connectivity index (χ3v) is 3.41. The van der Waals surface area contributed by atoms with Gasteiger partial charge in [0.25, 0.3) is 0 Å². The van der Waals surface area contributed by atoms with E-state index in [4.69, 9.17) is 14.2 Å². The molecule has 1 saturated heterocycles. The monoisotopic (exact) mass is 321 g/mol. The van der Waals surface area contributed by atoms with Gasteiger partial charge < -0.3 is 14.2 Å². The summed E-state index contributed by atoms with van der Waals surface area (Å²) in [6.45, 7) is 5.63. The average Bonchev–Trinajstić information content (AvgIpc) is 2.90. The molecule has 1 aromatic carbocycles. The summed E-state index contributed by atoms with van der Waals surface area (Å²) < 4.78 is 16.0. The summed E-state index contributed by atoms with van der Waals surface area (Å²) in [5, 5.41) is 0. The lowest BCUT2D eigenvalue weighted by molar-refractivity contribution is -0.145. The summed E-state index contributed by atoms with van der Waals surface area (Å²) >= 11 is 0. The maximum atomic E-state index is 12.3. The Bertz CT molecular complexity index is 552. The molecule has 23 heavy (non-hydrogen) atoms. The first-order chi connectivity index (χ1) is 10.8. The van der Waals surface area contributed by atoms with Crippen LogP contribution in [0.4, 0.5) is 4.79 Å². The highest BCUT2D eigenvalue weighted by Gasteiger charge is 2.43. The first kappa shape index (κ1) is 17.1. The third-order valence-electron chi connectivity index (χ3n) is 3.41. The minimum Gasteiger partial charge on any atom is -0.488 e. The van der Waals surface area contributed by atoms with Gasteiger partial charge in [-0.25, -0.2) is 9.59 Å². The van der Waals surface area contributed by atoms with E-state index in [0.717, 1.165) is 0 Å². The van der Waals surface area contributed by atoms with E-state index in [2.05, 4.69) is 0 Å². The van der Waals surface area contributed by atoms with Crippen LogP contribution in [0, 0.1) is 0 Å². The molecule has 126 valence electrons. The summed E-state index contributed by atoms with van der Waals surface area (Å²) in [6.07, 6.45) is -0.443. The Morgan fingerprint density at radius 3 is 2.39 bits per heavy atom. The van der Waals surface area contributed by atoms with E-state index in [-0.39, 0.29) is 12.6 Å². The Hall–Kier alpha value is -2.24. The predicted molar refractivity (Wildman–Crippen MR) is 84.2 cm³/mol. The lowest BCUT2D eigenvalue weighted by Crippen LogP contribution is -2.44. The summed E-state index contributed by atoms with van der Waals surface area (Å²) in [6, 6.07) is 8.61. The van der Waals surface area contributed by atoms with Crippen molar-refractivity contribution in [1.82, 2.24) is 4.90 Å². The molecule has 2 rings (SSSR count). The number of hydrogen-bond acceptors (Lipinski definition) is 5. The van der Waals surface area contributed by atoms with Crippen LogP contribution in [0.3, 0.4) is 0 Å². The number of ether oxygens (including phenoxy) is 3. The molecule has 2 atom stereocenters. The molecule has 6 nitrogen and oxygen atoms in total. The molecule has 0 aromatic heterocycles. The number of carbonyl (C=O) groups excluding carboxylic acids is 2. The molecule has 1 unspecified atom stereocenters. The van der Waals surface area contributed by atoms with Gasteiger partial charge in [-0.1, -0.05) is 18.2 Å². The van der Waals surface area contributed by atoms with Crippen molar-refractivity contribution in [2.24, 2.45) is 0 Å². The van der Waals surface area contributed by atoms with E-state index in [1.165, 1.54) is 12.0 Å². The van der Waals surface area contributed by atoms with Crippen LogP contribution in [0.25, 0.3) is 0 Å². The van der Waals surface area contributed by atoms with Crippen LogP contribution >= 0.6 is 0 Å². The van der Waals surface area contributed by atoms with Crippen molar-refractivity contribution in [1.29, 1.82) is 0 Å². The molecule has 0 saturated carbocycles. The second kappa shape index (κ2) is 6.89. The van der Waals surface area contributed by atoms with Crippen molar-refractivity contribution in [2.45, 2.75) is 44.9 Å². The number of para-hydroxylation sites is 1. The zero-order chi connectivity index (χ0) is 17.0. The van der Waals surface area contributed by atoms with Gasteiger partial charge >= 0.3 is 12.1 Å². The van der Waals surface area contributed by atoms with Crippen LogP contribution in [-0.4, -0.2) is 48.4 Å². The van der Waals surface area contributed by atoms with Crippen molar-refractivity contribution in [3.63, 3.8) is 0 Å². The number of likely N-dealkylation sites (tertiary alicyclic amines) is 1. The summed E-state index contributed by atoms with van der Waals surface area (Å²) in [5.74, 6) is 0.238. The van der Waals surface area contributed by atoms with Crippen LogP contribution in [0.1, 0.15) is 27.2 Å². The number of carbonyl (C=O) groups is 2. The van der Waals surface area contributed by atoms with Gasteiger partial charge in [0.1, 0.15) is 23.5 Å². The normalized spacial score (nSPS) is 21.0. The van der Waals surface area contributed by atoms with E-state index >= 15 is 0 Å². The molecular formula is C17H23NO5. The highest BCUT2D eigenvalue weighted by atomic mass is 16.6. The largest absolute Gasteiger partial charge is 0.488 e. The molecule has 0 radical (unpaired) electrons. The van der Waals surface area contributed by atoms with E-state index in [1.807, 2.05) is 30.3 Å². The van der Waals surface area contributed by atoms with E-state index in [0.29, 0.717) is 12.2 Å². The van der Waals surface area contributed by atoms with Crippen molar-refractivity contribution in [2.75, 3.05) is 13.7 Å². The Morgan fingerprint density at radius 1 is 1.17 bits per heavy atom. The fraction of sp³-hybridized carbons (Fsp3) is 0.529. The number of benzene rings is 1. The number of hydrogen-bond donors (Lipinski definition) is 0. The second-order valence-electron chi connectivity index (χ2n) is 6.46. The summed E-state index contributed by atoms with van der Waals surface area (Å²) in [4.78, 5) is 25.7. The highest BCUT2D eigenvalue weighted by molar-refractivity contribution is 5.82. The molecule has 1 aliphatic rings. The predicted octanol–water partition coefficient (Wildman–Crippen LogP) is 2.62. The van der Waals surface area contributed by atoms with E-state index in [9.17, 15) is 9.59 Å². The van der Waals surface area contributed by atoms with Gasteiger partial charge in [0, 0.05) is 6.42 Å². The molecule has 0 bridgehead atoms. The topological polar surface area (TPSA) is 65.1 Å². The number of rotatable bonds is 3. The van der Waals surface area contributed by atoms with Gasteiger partial charge in [0.2, 0.25) is 0 Å². The molecule has 0 aliphatic carbocycles. The number of nitrogens with zero attached hydrogens (tertiary/aromatic N) is 1. The molecule has 0 spiro atoms. The van der Waals surface area contributed by atoms with Crippen molar-refractivity contribution >= 4 is 12.1 Å². The van der Waals surface area contributed by atoms with Crippen LogP contribution in [0.15, 0.2) is 30.3 Å². The SMILES string of the molecule is COC(=O)[C@@H]1CC(Oc2ccccc2)CN1C(=O)OC(C)(C)C. The van der Waals surface area contributed by atoms with Gasteiger partial charge in [-0.15, -0.1) is 0 Å². The summed E-state index contributed by atoms with van der Waals surface area (Å²) in [5.41, 5.74) is -0.629. The zero-order valence-electron chi connectivity index (χ0n) is 13.9. The highest BCUT2D eigenvalue weighted by Crippen LogP contribution is 2.25. The molecule has 1 fully saturated rings. The van der Waals surface area contributed by atoms with Crippen LogP contribution in [0.2, 0.25) is 0 Å². The standard InChI is InChI=1S/C17H23NO5/c1-17(2,3)23-16(20)18-11-13(10-14(18)15(19)21-4)22-12-8-6-5-7-9-12/h5-9,13-14H,10-11H2,1-4H3/t13?,14-/m0/s1. The molecule has 1 heterocycles. The minimum absolute atomic E-state index is 0.281.